The van der Waals surface area contributed by atoms with Gasteiger partial charge in [0, 0.05) is 18.7 Å². The lowest BCUT2D eigenvalue weighted by molar-refractivity contribution is -0.137. The number of carboxylic acid groups (broad SMARTS) is 1. The largest absolute Gasteiger partial charge is 0.480 e. The van der Waals surface area contributed by atoms with E-state index in [-0.39, 0.29) is 12.5 Å². The molecule has 0 aromatic heterocycles. The molecule has 0 unspecified atom stereocenters. The fourth-order valence-electron chi connectivity index (χ4n) is 1.94. The highest BCUT2D eigenvalue weighted by Gasteiger charge is 2.14. The highest BCUT2D eigenvalue weighted by Crippen LogP contribution is 2.16. The second-order valence-corrected chi connectivity index (χ2v) is 4.44. The molecule has 1 aromatic carbocycles. The van der Waals surface area contributed by atoms with Gasteiger partial charge >= 0.3 is 5.97 Å². The Morgan fingerprint density at radius 1 is 1.10 bits per heavy atom. The Balaban J connectivity index is 1.86. The minimum atomic E-state index is -1.13. The number of hydrogen-bond donors (Lipinski definition) is 4. The van der Waals surface area contributed by atoms with Crippen molar-refractivity contribution in [3.8, 4) is 0 Å². The fraction of sp³-hybridized carbons (Fsp3) is 0.308. The SMILES string of the molecule is O=C(O)CNC(=O)CNC(=O)c1ccc2c(c1)CNC2. The van der Waals surface area contributed by atoms with Crippen molar-refractivity contribution in [1.29, 1.82) is 0 Å². The lowest BCUT2D eigenvalue weighted by atomic mass is 10.1. The third-order valence-electron chi connectivity index (χ3n) is 2.95. The molecule has 0 fully saturated rings. The van der Waals surface area contributed by atoms with E-state index >= 15 is 0 Å². The van der Waals surface area contributed by atoms with Gasteiger partial charge in [-0.3, -0.25) is 14.4 Å². The number of amides is 2. The second kappa shape index (κ2) is 6.16. The average molecular weight is 277 g/mol. The lowest BCUT2D eigenvalue weighted by Crippen LogP contribution is -2.39. The summed E-state index contributed by atoms with van der Waals surface area (Å²) >= 11 is 0. The molecule has 2 rings (SSSR count). The zero-order valence-electron chi connectivity index (χ0n) is 10.7. The van der Waals surface area contributed by atoms with Crippen LogP contribution in [-0.2, 0) is 22.7 Å². The van der Waals surface area contributed by atoms with Gasteiger partial charge < -0.3 is 21.1 Å². The van der Waals surface area contributed by atoms with Crippen LogP contribution >= 0.6 is 0 Å². The van der Waals surface area contributed by atoms with E-state index in [0.29, 0.717) is 5.56 Å². The second-order valence-electron chi connectivity index (χ2n) is 4.44. The van der Waals surface area contributed by atoms with Gasteiger partial charge in [0.25, 0.3) is 5.91 Å². The van der Waals surface area contributed by atoms with E-state index in [0.717, 1.165) is 18.7 Å². The highest BCUT2D eigenvalue weighted by atomic mass is 16.4. The number of carboxylic acids is 1. The predicted octanol–water partition coefficient (Wildman–Crippen LogP) is -0.780. The predicted molar refractivity (Wildman–Crippen MR) is 70.0 cm³/mol. The van der Waals surface area contributed by atoms with Crippen molar-refractivity contribution in [3.63, 3.8) is 0 Å². The Labute approximate surface area is 115 Å². The molecule has 0 aliphatic carbocycles. The van der Waals surface area contributed by atoms with Gasteiger partial charge in [0.2, 0.25) is 5.91 Å². The summed E-state index contributed by atoms with van der Waals surface area (Å²) in [5, 5.41) is 16.2. The maximum absolute atomic E-state index is 11.9. The standard InChI is InChI=1S/C13H15N3O4/c17-11(15-7-12(18)19)6-16-13(20)8-1-2-9-4-14-5-10(9)3-8/h1-3,14H,4-7H2,(H,15,17)(H,16,20)(H,18,19). The lowest BCUT2D eigenvalue weighted by Gasteiger charge is -2.06. The van der Waals surface area contributed by atoms with E-state index in [1.807, 2.05) is 6.07 Å². The normalized spacial score (nSPS) is 12.6. The first-order chi connectivity index (χ1) is 9.56. The van der Waals surface area contributed by atoms with Gasteiger partial charge in [0.05, 0.1) is 6.54 Å². The van der Waals surface area contributed by atoms with E-state index in [2.05, 4.69) is 16.0 Å². The fourth-order valence-corrected chi connectivity index (χ4v) is 1.94. The number of rotatable bonds is 5. The molecule has 20 heavy (non-hydrogen) atoms. The number of carbonyl (C=O) groups excluding carboxylic acids is 2. The van der Waals surface area contributed by atoms with Crippen LogP contribution in [0.1, 0.15) is 21.5 Å². The van der Waals surface area contributed by atoms with E-state index in [1.165, 1.54) is 5.56 Å². The molecular formula is C13H15N3O4. The third-order valence-corrected chi connectivity index (χ3v) is 2.95. The van der Waals surface area contributed by atoms with Crippen LogP contribution in [0, 0.1) is 0 Å². The highest BCUT2D eigenvalue weighted by molar-refractivity contribution is 5.97. The maximum Gasteiger partial charge on any atom is 0.322 e. The van der Waals surface area contributed by atoms with E-state index in [4.69, 9.17) is 5.11 Å². The van der Waals surface area contributed by atoms with E-state index in [1.54, 1.807) is 12.1 Å². The molecule has 7 nitrogen and oxygen atoms in total. The van der Waals surface area contributed by atoms with Crippen LogP contribution in [-0.4, -0.2) is 36.0 Å². The molecular weight excluding hydrogens is 262 g/mol. The smallest absolute Gasteiger partial charge is 0.322 e. The molecule has 0 atom stereocenters. The van der Waals surface area contributed by atoms with Crippen LogP contribution in [0.5, 0.6) is 0 Å². The molecule has 7 heteroatoms. The Kier molecular flexibility index (Phi) is 4.31. The first-order valence-corrected chi connectivity index (χ1v) is 6.15. The van der Waals surface area contributed by atoms with Gasteiger partial charge in [0.15, 0.2) is 0 Å². The molecule has 0 radical (unpaired) electrons. The van der Waals surface area contributed by atoms with Crippen LogP contribution < -0.4 is 16.0 Å². The number of nitrogens with one attached hydrogen (secondary N) is 3. The van der Waals surface area contributed by atoms with E-state index < -0.39 is 18.4 Å². The number of fused-ring (bicyclic) bond motifs is 1. The number of aliphatic carboxylic acids is 1. The zero-order chi connectivity index (χ0) is 14.5. The maximum atomic E-state index is 11.9. The van der Waals surface area contributed by atoms with Gasteiger partial charge in [-0.2, -0.15) is 0 Å². The van der Waals surface area contributed by atoms with Gasteiger partial charge in [-0.05, 0) is 23.3 Å². The van der Waals surface area contributed by atoms with Crippen molar-refractivity contribution < 1.29 is 19.5 Å². The molecule has 1 aromatic rings. The summed E-state index contributed by atoms with van der Waals surface area (Å²) in [5.74, 6) is -2.02. The number of carbonyl (C=O) groups is 3. The zero-order valence-corrected chi connectivity index (χ0v) is 10.7. The van der Waals surface area contributed by atoms with Crippen molar-refractivity contribution in [3.05, 3.63) is 34.9 Å². The van der Waals surface area contributed by atoms with Crippen molar-refractivity contribution in [1.82, 2.24) is 16.0 Å². The Hall–Kier alpha value is -2.41. The Morgan fingerprint density at radius 2 is 1.85 bits per heavy atom. The van der Waals surface area contributed by atoms with Crippen molar-refractivity contribution in [2.75, 3.05) is 13.1 Å². The average Bonchev–Trinajstić information content (AvgIpc) is 2.89. The summed E-state index contributed by atoms with van der Waals surface area (Å²) in [5.41, 5.74) is 2.73. The summed E-state index contributed by atoms with van der Waals surface area (Å²) in [6.07, 6.45) is 0. The third kappa shape index (κ3) is 3.55. The molecule has 1 aliphatic rings. The van der Waals surface area contributed by atoms with Crippen molar-refractivity contribution in [2.45, 2.75) is 13.1 Å². The molecule has 0 spiro atoms. The van der Waals surface area contributed by atoms with Gasteiger partial charge in [-0.15, -0.1) is 0 Å². The molecule has 0 bridgehead atoms. The summed E-state index contributed by atoms with van der Waals surface area (Å²) in [7, 11) is 0. The Morgan fingerprint density at radius 3 is 2.60 bits per heavy atom. The van der Waals surface area contributed by atoms with Gasteiger partial charge in [-0.25, -0.2) is 0 Å². The van der Waals surface area contributed by atoms with E-state index in [9.17, 15) is 14.4 Å². The first kappa shape index (κ1) is 14.0. The van der Waals surface area contributed by atoms with Crippen LogP contribution in [0.15, 0.2) is 18.2 Å². The summed E-state index contributed by atoms with van der Waals surface area (Å²) < 4.78 is 0. The quantitative estimate of drug-likeness (QED) is 0.565. The molecule has 0 saturated heterocycles. The molecule has 2 amide bonds. The summed E-state index contributed by atoms with van der Waals surface area (Å²) in [6, 6.07) is 5.38. The van der Waals surface area contributed by atoms with Crippen LogP contribution in [0.4, 0.5) is 0 Å². The molecule has 0 saturated carbocycles. The monoisotopic (exact) mass is 277 g/mol. The van der Waals surface area contributed by atoms with Crippen LogP contribution in [0.25, 0.3) is 0 Å². The first-order valence-electron chi connectivity index (χ1n) is 6.15. The van der Waals surface area contributed by atoms with Crippen LogP contribution in [0.2, 0.25) is 0 Å². The molecule has 1 heterocycles. The topological polar surface area (TPSA) is 108 Å². The molecule has 1 aliphatic heterocycles. The number of benzene rings is 1. The minimum absolute atomic E-state index is 0.249. The molecule has 4 N–H and O–H groups in total. The molecule has 106 valence electrons. The van der Waals surface area contributed by atoms with Gasteiger partial charge in [0.1, 0.15) is 6.54 Å². The van der Waals surface area contributed by atoms with Gasteiger partial charge in [-0.1, -0.05) is 6.07 Å². The number of hydrogen-bond acceptors (Lipinski definition) is 4. The van der Waals surface area contributed by atoms with Crippen LogP contribution in [0.3, 0.4) is 0 Å². The summed E-state index contributed by atoms with van der Waals surface area (Å²) in [4.78, 5) is 33.4. The van der Waals surface area contributed by atoms with Crippen molar-refractivity contribution in [2.24, 2.45) is 0 Å². The minimum Gasteiger partial charge on any atom is -0.480 e. The Bertz CT molecular complexity index is 557. The summed E-state index contributed by atoms with van der Waals surface area (Å²) in [6.45, 7) is 0.824. The van der Waals surface area contributed by atoms with Crippen molar-refractivity contribution >= 4 is 17.8 Å².